The van der Waals surface area contributed by atoms with Crippen LogP contribution in [-0.2, 0) is 4.79 Å². The van der Waals surface area contributed by atoms with Crippen LogP contribution in [0.5, 0.6) is 0 Å². The second-order valence-corrected chi connectivity index (χ2v) is 4.98. The maximum atomic E-state index is 11.7. The van der Waals surface area contributed by atoms with E-state index in [1.54, 1.807) is 0 Å². The van der Waals surface area contributed by atoms with Gasteiger partial charge in [0.2, 0.25) is 5.91 Å². The van der Waals surface area contributed by atoms with E-state index in [4.69, 9.17) is 5.73 Å². The van der Waals surface area contributed by atoms with Crippen LogP contribution in [0.4, 0.5) is 0 Å². The van der Waals surface area contributed by atoms with Crippen molar-refractivity contribution in [2.75, 3.05) is 0 Å². The van der Waals surface area contributed by atoms with Crippen molar-refractivity contribution in [2.45, 2.75) is 76.8 Å². The average Bonchev–Trinajstić information content (AvgIpc) is 2.21. The van der Waals surface area contributed by atoms with Gasteiger partial charge in [-0.15, -0.1) is 0 Å². The van der Waals surface area contributed by atoms with Gasteiger partial charge in [-0.05, 0) is 19.3 Å². The van der Waals surface area contributed by atoms with Crippen LogP contribution in [0, 0.1) is 0 Å². The summed E-state index contributed by atoms with van der Waals surface area (Å²) in [5, 5.41) is 3.13. The maximum absolute atomic E-state index is 11.7. The fourth-order valence-corrected chi connectivity index (χ4v) is 2.27. The van der Waals surface area contributed by atoms with Gasteiger partial charge < -0.3 is 11.1 Å². The second kappa shape index (κ2) is 7.66. The molecule has 1 rings (SSSR count). The summed E-state index contributed by atoms with van der Waals surface area (Å²) in [6, 6.07) is 0.422. The standard InChI is InChI=1S/C13H26N2O/c1-2-11(14)10-13(16)15-12-8-6-4-3-5-7-9-12/h11-12H,2-10,14H2,1H3,(H,15,16). The number of amides is 1. The number of nitrogens with one attached hydrogen (secondary N) is 1. The van der Waals surface area contributed by atoms with Crippen LogP contribution in [0.1, 0.15) is 64.7 Å². The Bertz CT molecular complexity index is 198. The predicted octanol–water partition coefficient (Wildman–Crippen LogP) is 2.34. The lowest BCUT2D eigenvalue weighted by atomic mass is 9.96. The van der Waals surface area contributed by atoms with Crippen LogP contribution in [0.3, 0.4) is 0 Å². The molecule has 3 heteroatoms. The van der Waals surface area contributed by atoms with E-state index in [1.807, 2.05) is 6.92 Å². The van der Waals surface area contributed by atoms with Crippen molar-refractivity contribution in [2.24, 2.45) is 5.73 Å². The Balaban J connectivity index is 2.25. The average molecular weight is 226 g/mol. The molecule has 94 valence electrons. The summed E-state index contributed by atoms with van der Waals surface area (Å²) in [6.07, 6.45) is 10.2. The normalized spacial score (nSPS) is 20.9. The quantitative estimate of drug-likeness (QED) is 0.773. The lowest BCUT2D eigenvalue weighted by Gasteiger charge is -2.21. The molecule has 0 aromatic rings. The molecule has 16 heavy (non-hydrogen) atoms. The highest BCUT2D eigenvalue weighted by Crippen LogP contribution is 2.17. The van der Waals surface area contributed by atoms with E-state index in [2.05, 4.69) is 5.32 Å². The molecule has 0 spiro atoms. The SMILES string of the molecule is CCC(N)CC(=O)NC1CCCCCCC1. The van der Waals surface area contributed by atoms with Crippen molar-refractivity contribution in [1.29, 1.82) is 0 Å². The molecule has 0 aliphatic heterocycles. The molecule has 1 saturated carbocycles. The molecule has 1 aliphatic rings. The third kappa shape index (κ3) is 5.50. The monoisotopic (exact) mass is 226 g/mol. The highest BCUT2D eigenvalue weighted by molar-refractivity contribution is 5.76. The van der Waals surface area contributed by atoms with Gasteiger partial charge in [-0.3, -0.25) is 4.79 Å². The Morgan fingerprint density at radius 2 is 1.81 bits per heavy atom. The van der Waals surface area contributed by atoms with E-state index in [1.165, 1.54) is 32.1 Å². The van der Waals surface area contributed by atoms with E-state index >= 15 is 0 Å². The Kier molecular flexibility index (Phi) is 6.46. The van der Waals surface area contributed by atoms with Gasteiger partial charge in [0.15, 0.2) is 0 Å². The highest BCUT2D eigenvalue weighted by Gasteiger charge is 2.15. The molecule has 0 aromatic carbocycles. The number of hydrogen-bond donors (Lipinski definition) is 2. The van der Waals surface area contributed by atoms with Gasteiger partial charge in [0.1, 0.15) is 0 Å². The first-order chi connectivity index (χ1) is 7.72. The Hall–Kier alpha value is -0.570. The molecular weight excluding hydrogens is 200 g/mol. The van der Waals surface area contributed by atoms with E-state index < -0.39 is 0 Å². The molecule has 0 aromatic heterocycles. The zero-order valence-corrected chi connectivity index (χ0v) is 10.5. The lowest BCUT2D eigenvalue weighted by Crippen LogP contribution is -2.38. The number of hydrogen-bond acceptors (Lipinski definition) is 2. The minimum absolute atomic E-state index is 0.0218. The molecule has 1 unspecified atom stereocenters. The topological polar surface area (TPSA) is 55.1 Å². The van der Waals surface area contributed by atoms with Crippen LogP contribution in [0.25, 0.3) is 0 Å². The lowest BCUT2D eigenvalue weighted by molar-refractivity contribution is -0.122. The molecule has 1 fully saturated rings. The Morgan fingerprint density at radius 3 is 2.38 bits per heavy atom. The van der Waals surface area contributed by atoms with Crippen LogP contribution in [0.15, 0.2) is 0 Å². The van der Waals surface area contributed by atoms with Crippen LogP contribution in [-0.4, -0.2) is 18.0 Å². The molecule has 0 saturated heterocycles. The summed E-state index contributed by atoms with van der Waals surface area (Å²) in [6.45, 7) is 2.02. The molecule has 0 radical (unpaired) electrons. The first kappa shape index (κ1) is 13.5. The zero-order valence-electron chi connectivity index (χ0n) is 10.5. The van der Waals surface area contributed by atoms with Gasteiger partial charge in [0.05, 0.1) is 0 Å². The number of nitrogens with two attached hydrogens (primary N) is 1. The minimum Gasteiger partial charge on any atom is -0.353 e. The molecular formula is C13H26N2O. The van der Waals surface area contributed by atoms with Gasteiger partial charge in [-0.2, -0.15) is 0 Å². The van der Waals surface area contributed by atoms with E-state index in [9.17, 15) is 4.79 Å². The van der Waals surface area contributed by atoms with Gasteiger partial charge in [-0.25, -0.2) is 0 Å². The van der Waals surface area contributed by atoms with Gasteiger partial charge >= 0.3 is 0 Å². The zero-order chi connectivity index (χ0) is 11.8. The van der Waals surface area contributed by atoms with Crippen molar-refractivity contribution >= 4 is 5.91 Å². The minimum atomic E-state index is 0.0218. The molecule has 1 aliphatic carbocycles. The molecule has 1 amide bonds. The third-order valence-corrected chi connectivity index (χ3v) is 3.44. The molecule has 3 N–H and O–H groups in total. The van der Waals surface area contributed by atoms with Crippen LogP contribution in [0.2, 0.25) is 0 Å². The summed E-state index contributed by atoms with van der Waals surface area (Å²) < 4.78 is 0. The van der Waals surface area contributed by atoms with Crippen molar-refractivity contribution < 1.29 is 4.79 Å². The van der Waals surface area contributed by atoms with Gasteiger partial charge in [0, 0.05) is 18.5 Å². The first-order valence-electron chi connectivity index (χ1n) is 6.77. The summed E-state index contributed by atoms with van der Waals surface area (Å²) in [5.74, 6) is 0.139. The Labute approximate surface area is 99.2 Å². The summed E-state index contributed by atoms with van der Waals surface area (Å²) >= 11 is 0. The van der Waals surface area contributed by atoms with Crippen molar-refractivity contribution in [1.82, 2.24) is 5.32 Å². The summed E-state index contributed by atoms with van der Waals surface area (Å²) in [7, 11) is 0. The smallest absolute Gasteiger partial charge is 0.221 e. The Morgan fingerprint density at radius 1 is 1.25 bits per heavy atom. The van der Waals surface area contributed by atoms with Crippen molar-refractivity contribution in [3.8, 4) is 0 Å². The van der Waals surface area contributed by atoms with Crippen LogP contribution < -0.4 is 11.1 Å². The van der Waals surface area contributed by atoms with E-state index in [0.29, 0.717) is 12.5 Å². The molecule has 0 bridgehead atoms. The van der Waals surface area contributed by atoms with Crippen molar-refractivity contribution in [3.63, 3.8) is 0 Å². The fourth-order valence-electron chi connectivity index (χ4n) is 2.27. The van der Waals surface area contributed by atoms with Crippen molar-refractivity contribution in [3.05, 3.63) is 0 Å². The van der Waals surface area contributed by atoms with Gasteiger partial charge in [-0.1, -0.05) is 39.0 Å². The largest absolute Gasteiger partial charge is 0.353 e. The molecule has 1 atom stereocenters. The summed E-state index contributed by atoms with van der Waals surface area (Å²) in [5.41, 5.74) is 5.77. The fraction of sp³-hybridized carbons (Fsp3) is 0.923. The van der Waals surface area contributed by atoms with E-state index in [-0.39, 0.29) is 11.9 Å². The second-order valence-electron chi connectivity index (χ2n) is 4.98. The van der Waals surface area contributed by atoms with Gasteiger partial charge in [0.25, 0.3) is 0 Å². The number of rotatable bonds is 4. The number of carbonyl (C=O) groups is 1. The molecule has 3 nitrogen and oxygen atoms in total. The van der Waals surface area contributed by atoms with Crippen LogP contribution >= 0.6 is 0 Å². The first-order valence-corrected chi connectivity index (χ1v) is 6.77. The maximum Gasteiger partial charge on any atom is 0.221 e. The molecule has 0 heterocycles. The number of carbonyl (C=O) groups excluding carboxylic acids is 1. The third-order valence-electron chi connectivity index (χ3n) is 3.44. The predicted molar refractivity (Wildman–Crippen MR) is 67.1 cm³/mol. The van der Waals surface area contributed by atoms with E-state index in [0.717, 1.165) is 19.3 Å². The highest BCUT2D eigenvalue weighted by atomic mass is 16.1. The summed E-state index contributed by atoms with van der Waals surface area (Å²) in [4.78, 5) is 11.7.